The molecule has 3 aromatic carbocycles. The minimum absolute atomic E-state index is 0.156. The van der Waals surface area contributed by atoms with Gasteiger partial charge in [0.2, 0.25) is 11.8 Å². The number of hydrogen-bond donors (Lipinski definition) is 0. The molecule has 8 heteroatoms. The third-order valence-electron chi connectivity index (χ3n) is 7.34. The van der Waals surface area contributed by atoms with Crippen molar-refractivity contribution in [2.24, 2.45) is 11.8 Å². The fraction of sp³-hybridized carbons (Fsp3) is 0.133. The molecule has 6 nitrogen and oxygen atoms in total. The first-order chi connectivity index (χ1) is 18.4. The van der Waals surface area contributed by atoms with Gasteiger partial charge in [-0.1, -0.05) is 60.1 Å². The van der Waals surface area contributed by atoms with Crippen molar-refractivity contribution in [3.8, 4) is 0 Å². The predicted octanol–water partition coefficient (Wildman–Crippen LogP) is 4.86. The van der Waals surface area contributed by atoms with Gasteiger partial charge in [-0.25, -0.2) is 9.29 Å². The number of hydrogen-bond acceptors (Lipinski definition) is 5. The molecule has 0 saturated carbocycles. The van der Waals surface area contributed by atoms with Crippen molar-refractivity contribution in [1.82, 2.24) is 4.90 Å². The number of carbonyl (C=O) groups excluding carboxylic acids is 4. The lowest BCUT2D eigenvalue weighted by Gasteiger charge is -2.32. The number of Topliss-reactive ketones (excluding diaryl/α,β-unsaturated/α-hetero) is 2. The number of benzene rings is 3. The molecular formula is C30H20ClFN2O4. The van der Waals surface area contributed by atoms with E-state index < -0.39 is 41.6 Å². The molecule has 3 aliphatic heterocycles. The first kappa shape index (κ1) is 24.0. The highest BCUT2D eigenvalue weighted by atomic mass is 35.5. The highest BCUT2D eigenvalue weighted by Gasteiger charge is 2.63. The second-order valence-corrected chi connectivity index (χ2v) is 9.84. The summed E-state index contributed by atoms with van der Waals surface area (Å²) in [6.07, 6.45) is 4.84. The summed E-state index contributed by atoms with van der Waals surface area (Å²) < 4.78 is 14.7. The SMILES string of the molecule is O=C(C1=C[C@@H]2[C@@H]3C(=O)N(c4ccccc4F)C(=O)[C@@H]3[C@@H](C(=O)c3ccc(Cl)cc3)N2C=C1)c1ccccc1. The van der Waals surface area contributed by atoms with Crippen LogP contribution in [0.15, 0.2) is 103 Å². The van der Waals surface area contributed by atoms with Gasteiger partial charge in [-0.05, 0) is 42.5 Å². The third kappa shape index (κ3) is 3.70. The lowest BCUT2D eigenvalue weighted by Crippen LogP contribution is -2.46. The Morgan fingerprint density at radius 2 is 1.45 bits per heavy atom. The van der Waals surface area contributed by atoms with E-state index in [4.69, 9.17) is 11.6 Å². The summed E-state index contributed by atoms with van der Waals surface area (Å²) in [4.78, 5) is 57.0. The molecule has 3 aliphatic rings. The summed E-state index contributed by atoms with van der Waals surface area (Å²) in [6, 6.07) is 18.8. The summed E-state index contributed by atoms with van der Waals surface area (Å²) in [5, 5.41) is 0.450. The van der Waals surface area contributed by atoms with E-state index in [1.165, 1.54) is 24.3 Å². The van der Waals surface area contributed by atoms with Gasteiger partial charge in [-0.3, -0.25) is 19.2 Å². The van der Waals surface area contributed by atoms with E-state index >= 15 is 0 Å². The van der Waals surface area contributed by atoms with E-state index in [2.05, 4.69) is 0 Å². The van der Waals surface area contributed by atoms with Crippen LogP contribution in [0.3, 0.4) is 0 Å². The standard InChI is InChI=1S/C30H20ClFN2O4/c31-20-12-10-18(11-13-20)28(36)26-25-24(29(37)34(30(25)38)22-9-5-4-8-21(22)32)23-16-19(14-15-33(23)26)27(35)17-6-2-1-3-7-17/h1-16,23-26H/t23-,24+,25+,26+/m1/s1. The highest BCUT2D eigenvalue weighted by molar-refractivity contribution is 6.30. The largest absolute Gasteiger partial charge is 0.359 e. The van der Waals surface area contributed by atoms with E-state index in [0.717, 1.165) is 4.90 Å². The summed E-state index contributed by atoms with van der Waals surface area (Å²) in [6.45, 7) is 0. The van der Waals surface area contributed by atoms with E-state index in [1.54, 1.807) is 77.8 Å². The number of rotatable bonds is 5. The number of para-hydroxylation sites is 1. The summed E-state index contributed by atoms with van der Waals surface area (Å²) in [7, 11) is 0. The average Bonchev–Trinajstić information content (AvgIpc) is 3.41. The molecule has 4 atom stereocenters. The van der Waals surface area contributed by atoms with E-state index in [1.807, 2.05) is 0 Å². The van der Waals surface area contributed by atoms with E-state index in [9.17, 15) is 23.6 Å². The lowest BCUT2D eigenvalue weighted by atomic mass is 9.85. The smallest absolute Gasteiger partial charge is 0.240 e. The quantitative estimate of drug-likeness (QED) is 0.351. The Morgan fingerprint density at radius 1 is 0.789 bits per heavy atom. The van der Waals surface area contributed by atoms with E-state index in [0.29, 0.717) is 21.7 Å². The van der Waals surface area contributed by atoms with Crippen molar-refractivity contribution >= 4 is 40.7 Å². The second-order valence-electron chi connectivity index (χ2n) is 9.40. The second kappa shape index (κ2) is 9.19. The number of anilines is 1. The Balaban J connectivity index is 1.44. The minimum Gasteiger partial charge on any atom is -0.359 e. The Bertz CT molecular complexity index is 1550. The molecule has 2 amide bonds. The van der Waals surface area contributed by atoms with Gasteiger partial charge in [-0.2, -0.15) is 0 Å². The number of nitrogens with zero attached hydrogens (tertiary/aromatic N) is 2. The fourth-order valence-corrected chi connectivity index (χ4v) is 5.74. The predicted molar refractivity (Wildman–Crippen MR) is 139 cm³/mol. The molecule has 0 spiro atoms. The van der Waals surface area contributed by atoms with Crippen LogP contribution in [0.4, 0.5) is 10.1 Å². The molecule has 0 N–H and O–H groups in total. The number of halogens is 2. The number of ketones is 2. The number of carbonyl (C=O) groups is 4. The number of imide groups is 1. The summed E-state index contributed by atoms with van der Waals surface area (Å²) in [5.41, 5.74) is 0.992. The van der Waals surface area contributed by atoms with Crippen molar-refractivity contribution in [3.63, 3.8) is 0 Å². The zero-order chi connectivity index (χ0) is 26.6. The average molecular weight is 527 g/mol. The zero-order valence-corrected chi connectivity index (χ0v) is 20.6. The van der Waals surface area contributed by atoms with Crippen molar-refractivity contribution in [2.75, 3.05) is 4.90 Å². The molecule has 0 aliphatic carbocycles. The molecule has 0 radical (unpaired) electrons. The molecule has 0 bridgehead atoms. The van der Waals surface area contributed by atoms with Gasteiger partial charge >= 0.3 is 0 Å². The van der Waals surface area contributed by atoms with Crippen molar-refractivity contribution < 1.29 is 23.6 Å². The Morgan fingerprint density at radius 3 is 2.16 bits per heavy atom. The van der Waals surface area contributed by atoms with Crippen LogP contribution in [0, 0.1) is 17.7 Å². The van der Waals surface area contributed by atoms with Crippen LogP contribution in [-0.4, -0.2) is 40.4 Å². The van der Waals surface area contributed by atoms with Gasteiger partial charge in [-0.15, -0.1) is 0 Å². The molecule has 2 saturated heterocycles. The topological polar surface area (TPSA) is 74.8 Å². The Labute approximate surface area is 222 Å². The molecule has 3 heterocycles. The van der Waals surface area contributed by atoms with Crippen LogP contribution in [0.5, 0.6) is 0 Å². The lowest BCUT2D eigenvalue weighted by molar-refractivity contribution is -0.123. The highest BCUT2D eigenvalue weighted by Crippen LogP contribution is 2.47. The molecule has 6 rings (SSSR count). The van der Waals surface area contributed by atoms with E-state index in [-0.39, 0.29) is 17.3 Å². The van der Waals surface area contributed by atoms with Crippen molar-refractivity contribution in [3.05, 3.63) is 125 Å². The van der Waals surface area contributed by atoms with Gasteiger partial charge in [0.15, 0.2) is 11.6 Å². The maximum absolute atomic E-state index is 14.7. The minimum atomic E-state index is -1.07. The van der Waals surface area contributed by atoms with Gasteiger partial charge in [0, 0.05) is 27.9 Å². The van der Waals surface area contributed by atoms with Crippen molar-refractivity contribution in [1.29, 1.82) is 0 Å². The molecule has 0 aromatic heterocycles. The molecule has 188 valence electrons. The Hall–Kier alpha value is -4.36. The first-order valence-corrected chi connectivity index (χ1v) is 12.4. The van der Waals surface area contributed by atoms with Crippen LogP contribution >= 0.6 is 11.6 Å². The number of allylic oxidation sites excluding steroid dienone is 2. The third-order valence-corrected chi connectivity index (χ3v) is 7.59. The molecular weight excluding hydrogens is 507 g/mol. The van der Waals surface area contributed by atoms with Crippen LogP contribution < -0.4 is 4.90 Å². The normalized spacial score (nSPS) is 23.8. The maximum Gasteiger partial charge on any atom is 0.240 e. The fourth-order valence-electron chi connectivity index (χ4n) is 5.61. The molecule has 0 unspecified atom stereocenters. The van der Waals surface area contributed by atoms with Crippen LogP contribution in [0.1, 0.15) is 20.7 Å². The molecule has 38 heavy (non-hydrogen) atoms. The zero-order valence-electron chi connectivity index (χ0n) is 19.8. The van der Waals surface area contributed by atoms with Crippen LogP contribution in [0.25, 0.3) is 0 Å². The summed E-state index contributed by atoms with van der Waals surface area (Å²) >= 11 is 6.00. The van der Waals surface area contributed by atoms with Gasteiger partial charge < -0.3 is 4.90 Å². The van der Waals surface area contributed by atoms with Crippen LogP contribution in [0.2, 0.25) is 5.02 Å². The van der Waals surface area contributed by atoms with Gasteiger partial charge in [0.1, 0.15) is 11.9 Å². The maximum atomic E-state index is 14.7. The van der Waals surface area contributed by atoms with Crippen LogP contribution in [-0.2, 0) is 9.59 Å². The van der Waals surface area contributed by atoms with Crippen molar-refractivity contribution in [2.45, 2.75) is 12.1 Å². The number of amides is 2. The summed E-state index contributed by atoms with van der Waals surface area (Å²) in [5.74, 6) is -4.63. The molecule has 3 aromatic rings. The number of fused-ring (bicyclic) bond motifs is 3. The Kier molecular flexibility index (Phi) is 5.80. The first-order valence-electron chi connectivity index (χ1n) is 12.1. The monoisotopic (exact) mass is 526 g/mol. The molecule has 2 fully saturated rings. The van der Waals surface area contributed by atoms with Gasteiger partial charge in [0.05, 0.1) is 23.6 Å². The van der Waals surface area contributed by atoms with Gasteiger partial charge in [0.25, 0.3) is 0 Å².